The predicted molar refractivity (Wildman–Crippen MR) is 116 cm³/mol. The van der Waals surface area contributed by atoms with E-state index in [0.717, 1.165) is 27.6 Å². The number of fused-ring (bicyclic) bond motifs is 1. The van der Waals surface area contributed by atoms with Gasteiger partial charge in [0.15, 0.2) is 0 Å². The van der Waals surface area contributed by atoms with Crippen LogP contribution in [-0.2, 0) is 17.8 Å². The quantitative estimate of drug-likeness (QED) is 0.434. The van der Waals surface area contributed by atoms with E-state index in [4.69, 9.17) is 5.26 Å². The number of urea groups is 1. The topological polar surface area (TPSA) is 110 Å². The molecule has 0 fully saturated rings. The van der Waals surface area contributed by atoms with Crippen molar-refractivity contribution in [1.82, 2.24) is 20.9 Å². The average Bonchev–Trinajstić information content (AvgIpc) is 3.16. The molecule has 7 heteroatoms. The van der Waals surface area contributed by atoms with E-state index < -0.39 is 12.1 Å². The van der Waals surface area contributed by atoms with Gasteiger partial charge in [0, 0.05) is 36.6 Å². The fraction of sp³-hybridized carbons (Fsp3) is 0.261. The third-order valence-corrected chi connectivity index (χ3v) is 4.83. The number of para-hydroxylation sites is 1. The maximum atomic E-state index is 12.7. The molecule has 1 heterocycles. The summed E-state index contributed by atoms with van der Waals surface area (Å²) < 4.78 is 0. The van der Waals surface area contributed by atoms with Crippen LogP contribution in [0.2, 0.25) is 0 Å². The first-order valence-corrected chi connectivity index (χ1v) is 9.86. The Labute approximate surface area is 175 Å². The molecule has 3 aromatic rings. The van der Waals surface area contributed by atoms with E-state index in [0.29, 0.717) is 13.0 Å². The van der Waals surface area contributed by atoms with Crippen molar-refractivity contribution in [2.24, 2.45) is 0 Å². The van der Waals surface area contributed by atoms with Crippen LogP contribution in [0.15, 0.2) is 54.7 Å². The number of aryl methyl sites for hydroxylation is 1. The zero-order chi connectivity index (χ0) is 21.3. The van der Waals surface area contributed by atoms with Gasteiger partial charge in [-0.05, 0) is 24.1 Å². The summed E-state index contributed by atoms with van der Waals surface area (Å²) in [6.07, 6.45) is 2.40. The van der Waals surface area contributed by atoms with E-state index >= 15 is 0 Å². The Balaban J connectivity index is 1.67. The molecule has 0 bridgehead atoms. The molecule has 7 nitrogen and oxygen atoms in total. The number of aromatic amines is 1. The number of nitrogens with one attached hydrogen (secondary N) is 4. The van der Waals surface area contributed by atoms with Crippen LogP contribution in [0.25, 0.3) is 10.9 Å². The highest BCUT2D eigenvalue weighted by molar-refractivity contribution is 5.89. The molecule has 1 atom stereocenters. The molecule has 0 aliphatic rings. The van der Waals surface area contributed by atoms with Gasteiger partial charge in [0.2, 0.25) is 5.91 Å². The Morgan fingerprint density at radius 2 is 1.87 bits per heavy atom. The Morgan fingerprint density at radius 1 is 1.10 bits per heavy atom. The molecule has 0 radical (unpaired) electrons. The first-order valence-electron chi connectivity index (χ1n) is 9.86. The van der Waals surface area contributed by atoms with Gasteiger partial charge >= 0.3 is 6.03 Å². The SMILES string of the molecule is Cc1ccc(CNC(=O)NC(Cc2c[nH]c3ccccc23)C(=O)NCCC#N)cc1. The van der Waals surface area contributed by atoms with Gasteiger partial charge in [-0.3, -0.25) is 4.79 Å². The zero-order valence-corrected chi connectivity index (χ0v) is 16.9. The van der Waals surface area contributed by atoms with Crippen LogP contribution in [0.1, 0.15) is 23.1 Å². The Morgan fingerprint density at radius 3 is 2.63 bits per heavy atom. The summed E-state index contributed by atoms with van der Waals surface area (Å²) in [4.78, 5) is 28.3. The van der Waals surface area contributed by atoms with Crippen LogP contribution in [0.4, 0.5) is 4.79 Å². The lowest BCUT2D eigenvalue weighted by atomic mass is 10.0. The van der Waals surface area contributed by atoms with Crippen molar-refractivity contribution in [3.05, 3.63) is 71.4 Å². The van der Waals surface area contributed by atoms with Crippen LogP contribution in [0.3, 0.4) is 0 Å². The van der Waals surface area contributed by atoms with E-state index in [-0.39, 0.29) is 18.9 Å². The first kappa shape index (κ1) is 20.9. The molecular weight excluding hydrogens is 378 g/mol. The van der Waals surface area contributed by atoms with Gasteiger partial charge in [0.05, 0.1) is 12.5 Å². The summed E-state index contributed by atoms with van der Waals surface area (Å²) >= 11 is 0. The average molecular weight is 403 g/mol. The molecule has 154 valence electrons. The number of aromatic nitrogens is 1. The summed E-state index contributed by atoms with van der Waals surface area (Å²) in [6.45, 7) is 2.61. The fourth-order valence-corrected chi connectivity index (χ4v) is 3.19. The van der Waals surface area contributed by atoms with E-state index in [1.54, 1.807) is 0 Å². The Kier molecular flexibility index (Phi) is 7.06. The number of carbonyl (C=O) groups excluding carboxylic acids is 2. The highest BCUT2D eigenvalue weighted by Crippen LogP contribution is 2.19. The van der Waals surface area contributed by atoms with Crippen LogP contribution < -0.4 is 16.0 Å². The molecule has 1 unspecified atom stereocenters. The number of hydrogen-bond donors (Lipinski definition) is 4. The van der Waals surface area contributed by atoms with E-state index in [2.05, 4.69) is 20.9 Å². The normalized spacial score (nSPS) is 11.5. The third-order valence-electron chi connectivity index (χ3n) is 4.83. The second-order valence-corrected chi connectivity index (χ2v) is 7.13. The summed E-state index contributed by atoms with van der Waals surface area (Å²) in [5, 5.41) is 18.0. The minimum atomic E-state index is -0.763. The number of amides is 3. The summed E-state index contributed by atoms with van der Waals surface area (Å²) in [5.41, 5.74) is 4.03. The lowest BCUT2D eigenvalue weighted by Gasteiger charge is -2.18. The lowest BCUT2D eigenvalue weighted by molar-refractivity contribution is -0.122. The van der Waals surface area contributed by atoms with Crippen LogP contribution in [-0.4, -0.2) is 29.5 Å². The molecule has 2 aromatic carbocycles. The van der Waals surface area contributed by atoms with Crippen molar-refractivity contribution in [2.75, 3.05) is 6.54 Å². The van der Waals surface area contributed by atoms with Gasteiger partial charge in [0.25, 0.3) is 0 Å². The predicted octanol–water partition coefficient (Wildman–Crippen LogP) is 2.92. The lowest BCUT2D eigenvalue weighted by Crippen LogP contribution is -2.51. The second-order valence-electron chi connectivity index (χ2n) is 7.13. The Hall–Kier alpha value is -3.79. The molecule has 3 amide bonds. The largest absolute Gasteiger partial charge is 0.361 e. The Bertz CT molecular complexity index is 1050. The van der Waals surface area contributed by atoms with Gasteiger partial charge in [0.1, 0.15) is 6.04 Å². The van der Waals surface area contributed by atoms with Crippen molar-refractivity contribution >= 4 is 22.8 Å². The molecule has 30 heavy (non-hydrogen) atoms. The highest BCUT2D eigenvalue weighted by Gasteiger charge is 2.22. The van der Waals surface area contributed by atoms with Crippen molar-refractivity contribution in [1.29, 1.82) is 5.26 Å². The standard InChI is InChI=1S/C23H25N5O2/c1-16-7-9-17(10-8-16)14-27-23(30)28-21(22(29)25-12-4-11-24)13-18-15-26-20-6-3-2-5-19(18)20/h2-3,5-10,15,21,26H,4,12-14H2,1H3,(H,25,29)(H2,27,28,30). The number of benzene rings is 2. The molecule has 0 aliphatic heterocycles. The summed E-state index contributed by atoms with van der Waals surface area (Å²) in [5.74, 6) is -0.319. The third kappa shape index (κ3) is 5.61. The second kappa shape index (κ2) is 10.1. The number of nitrogens with zero attached hydrogens (tertiary/aromatic N) is 1. The van der Waals surface area contributed by atoms with E-state index in [9.17, 15) is 9.59 Å². The van der Waals surface area contributed by atoms with Gasteiger partial charge in [-0.25, -0.2) is 4.79 Å². The maximum Gasteiger partial charge on any atom is 0.315 e. The smallest absolute Gasteiger partial charge is 0.315 e. The zero-order valence-electron chi connectivity index (χ0n) is 16.9. The van der Waals surface area contributed by atoms with Crippen molar-refractivity contribution in [3.8, 4) is 6.07 Å². The molecule has 0 saturated carbocycles. The van der Waals surface area contributed by atoms with Gasteiger partial charge in [-0.1, -0.05) is 48.0 Å². The number of rotatable bonds is 8. The maximum absolute atomic E-state index is 12.7. The number of hydrogen-bond acceptors (Lipinski definition) is 3. The minimum absolute atomic E-state index is 0.213. The molecule has 0 aliphatic carbocycles. The number of carbonyl (C=O) groups is 2. The summed E-state index contributed by atoms with van der Waals surface area (Å²) in [6, 6.07) is 16.5. The molecule has 3 rings (SSSR count). The van der Waals surface area contributed by atoms with Crippen molar-refractivity contribution < 1.29 is 9.59 Å². The number of nitriles is 1. The first-order chi connectivity index (χ1) is 14.6. The van der Waals surface area contributed by atoms with Gasteiger partial charge < -0.3 is 20.9 Å². The van der Waals surface area contributed by atoms with Crippen LogP contribution in [0.5, 0.6) is 0 Å². The summed E-state index contributed by atoms with van der Waals surface area (Å²) in [7, 11) is 0. The molecule has 0 spiro atoms. The van der Waals surface area contributed by atoms with Crippen molar-refractivity contribution in [3.63, 3.8) is 0 Å². The van der Waals surface area contributed by atoms with Gasteiger partial charge in [-0.2, -0.15) is 5.26 Å². The monoisotopic (exact) mass is 403 g/mol. The van der Waals surface area contributed by atoms with Crippen molar-refractivity contribution in [2.45, 2.75) is 32.4 Å². The van der Waals surface area contributed by atoms with E-state index in [1.807, 2.05) is 67.7 Å². The van der Waals surface area contributed by atoms with Crippen LogP contribution in [0, 0.1) is 18.3 Å². The molecule has 0 saturated heterocycles. The van der Waals surface area contributed by atoms with Crippen LogP contribution >= 0.6 is 0 Å². The highest BCUT2D eigenvalue weighted by atomic mass is 16.2. The minimum Gasteiger partial charge on any atom is -0.361 e. The fourth-order valence-electron chi connectivity index (χ4n) is 3.19. The molecule has 1 aromatic heterocycles. The molecular formula is C23H25N5O2. The molecule has 4 N–H and O–H groups in total. The van der Waals surface area contributed by atoms with E-state index in [1.165, 1.54) is 0 Å². The van der Waals surface area contributed by atoms with Gasteiger partial charge in [-0.15, -0.1) is 0 Å². The number of H-pyrrole nitrogens is 1.